The zero-order valence-corrected chi connectivity index (χ0v) is 10.2. The molecule has 1 saturated heterocycles. The Kier molecular flexibility index (Phi) is 3.93. The molecule has 1 aliphatic rings. The first-order valence-electron chi connectivity index (χ1n) is 6.00. The summed E-state index contributed by atoms with van der Waals surface area (Å²) < 4.78 is 13.1. The number of carbonyl (C=O) groups is 1. The summed E-state index contributed by atoms with van der Waals surface area (Å²) in [6.07, 6.45) is -0.0114. The van der Waals surface area contributed by atoms with Crippen molar-refractivity contribution in [3.05, 3.63) is 35.1 Å². The molecule has 3 N–H and O–H groups in total. The van der Waals surface area contributed by atoms with Crippen molar-refractivity contribution >= 4 is 5.91 Å². The number of amides is 1. The first kappa shape index (κ1) is 13.0. The first-order valence-corrected chi connectivity index (χ1v) is 6.00. The van der Waals surface area contributed by atoms with Gasteiger partial charge in [0.2, 0.25) is 5.91 Å². The Morgan fingerprint density at radius 2 is 2.39 bits per heavy atom. The highest BCUT2D eigenvalue weighted by atomic mass is 19.1. The van der Waals surface area contributed by atoms with E-state index in [0.29, 0.717) is 25.1 Å². The quantitative estimate of drug-likeness (QED) is 0.733. The van der Waals surface area contributed by atoms with Crippen molar-refractivity contribution in [1.29, 1.82) is 0 Å². The number of nitrogens with one attached hydrogen (secondary N) is 2. The predicted octanol–water partition coefficient (Wildman–Crippen LogP) is 0.473. The van der Waals surface area contributed by atoms with Gasteiger partial charge in [-0.1, -0.05) is 12.1 Å². The molecular weight excluding hydrogens is 235 g/mol. The van der Waals surface area contributed by atoms with Crippen molar-refractivity contribution in [3.8, 4) is 0 Å². The van der Waals surface area contributed by atoms with Crippen LogP contribution in [-0.4, -0.2) is 29.7 Å². The summed E-state index contributed by atoms with van der Waals surface area (Å²) in [4.78, 5) is 11.8. The van der Waals surface area contributed by atoms with Gasteiger partial charge in [-0.25, -0.2) is 4.39 Å². The highest BCUT2D eigenvalue weighted by molar-refractivity contribution is 5.82. The highest BCUT2D eigenvalue weighted by Gasteiger charge is 2.27. The Bertz CT molecular complexity index is 451. The third-order valence-corrected chi connectivity index (χ3v) is 3.11. The van der Waals surface area contributed by atoms with Gasteiger partial charge in [-0.2, -0.15) is 0 Å². The van der Waals surface area contributed by atoms with Crippen molar-refractivity contribution < 1.29 is 14.3 Å². The third kappa shape index (κ3) is 3.05. The molecule has 1 amide bonds. The van der Waals surface area contributed by atoms with E-state index in [9.17, 15) is 14.3 Å². The lowest BCUT2D eigenvalue weighted by atomic mass is 10.1. The zero-order chi connectivity index (χ0) is 13.1. The number of halogens is 1. The van der Waals surface area contributed by atoms with Gasteiger partial charge in [0.1, 0.15) is 5.82 Å². The maximum Gasteiger partial charge on any atom is 0.237 e. The summed E-state index contributed by atoms with van der Waals surface area (Å²) in [6, 6.07) is 4.43. The minimum atomic E-state index is -0.450. The Hall–Kier alpha value is -1.46. The second-order valence-electron chi connectivity index (χ2n) is 4.65. The van der Waals surface area contributed by atoms with Gasteiger partial charge < -0.3 is 15.7 Å². The maximum absolute atomic E-state index is 13.1. The molecular formula is C13H17FN2O2. The maximum atomic E-state index is 13.1. The number of aliphatic hydroxyl groups is 1. The number of β-amino-alcohol motifs (C(OH)–C–C–N with tert-alkyl or cyclic N) is 1. The SMILES string of the molecule is Cc1cc(CNC(=O)[C@@H]2C[C@@H](O)CN2)ccc1F. The standard InChI is InChI=1S/C13H17FN2O2/c1-8-4-9(2-3-11(8)14)6-16-13(18)12-5-10(17)7-15-12/h2-4,10,12,15,17H,5-7H2,1H3,(H,16,18)/t10-,12+/m1/s1. The number of carbonyl (C=O) groups excluding carboxylic acids is 1. The molecule has 0 aliphatic carbocycles. The Labute approximate surface area is 105 Å². The largest absolute Gasteiger partial charge is 0.392 e. The Morgan fingerprint density at radius 1 is 1.61 bits per heavy atom. The lowest BCUT2D eigenvalue weighted by Gasteiger charge is -2.11. The smallest absolute Gasteiger partial charge is 0.237 e. The van der Waals surface area contributed by atoms with Crippen molar-refractivity contribution in [1.82, 2.24) is 10.6 Å². The van der Waals surface area contributed by atoms with Crippen LogP contribution in [0, 0.1) is 12.7 Å². The van der Waals surface area contributed by atoms with E-state index in [1.807, 2.05) is 0 Å². The van der Waals surface area contributed by atoms with Crippen LogP contribution in [0.25, 0.3) is 0 Å². The average molecular weight is 252 g/mol. The zero-order valence-electron chi connectivity index (χ0n) is 10.2. The molecule has 98 valence electrons. The Balaban J connectivity index is 1.87. The van der Waals surface area contributed by atoms with Crippen LogP contribution in [0.5, 0.6) is 0 Å². The van der Waals surface area contributed by atoms with E-state index in [0.717, 1.165) is 5.56 Å². The van der Waals surface area contributed by atoms with Crippen LogP contribution in [-0.2, 0) is 11.3 Å². The lowest BCUT2D eigenvalue weighted by Crippen LogP contribution is -2.40. The summed E-state index contributed by atoms with van der Waals surface area (Å²) in [7, 11) is 0. The summed E-state index contributed by atoms with van der Waals surface area (Å²) in [6.45, 7) is 2.51. The fourth-order valence-corrected chi connectivity index (χ4v) is 2.05. The van der Waals surface area contributed by atoms with Gasteiger partial charge in [-0.3, -0.25) is 4.79 Å². The van der Waals surface area contributed by atoms with Crippen LogP contribution in [0.2, 0.25) is 0 Å². The summed E-state index contributed by atoms with van der Waals surface area (Å²) in [5.41, 5.74) is 1.43. The number of benzene rings is 1. The predicted molar refractivity (Wildman–Crippen MR) is 65.4 cm³/mol. The molecule has 1 aromatic carbocycles. The molecule has 1 fully saturated rings. The molecule has 1 aromatic rings. The fourth-order valence-electron chi connectivity index (χ4n) is 2.05. The molecule has 0 aromatic heterocycles. The summed E-state index contributed by atoms with van der Waals surface area (Å²) >= 11 is 0. The number of hydrogen-bond donors (Lipinski definition) is 3. The van der Waals surface area contributed by atoms with Crippen LogP contribution in [0.4, 0.5) is 4.39 Å². The molecule has 0 bridgehead atoms. The van der Waals surface area contributed by atoms with E-state index in [-0.39, 0.29) is 17.8 Å². The monoisotopic (exact) mass is 252 g/mol. The summed E-state index contributed by atoms with van der Waals surface area (Å²) in [5.74, 6) is -0.376. The van der Waals surface area contributed by atoms with Crippen LogP contribution in [0.3, 0.4) is 0 Å². The first-order chi connectivity index (χ1) is 8.56. The van der Waals surface area contributed by atoms with E-state index in [1.165, 1.54) is 6.07 Å². The number of aliphatic hydroxyl groups excluding tert-OH is 1. The average Bonchev–Trinajstić information content (AvgIpc) is 2.77. The van der Waals surface area contributed by atoms with Gasteiger partial charge in [0.15, 0.2) is 0 Å². The molecule has 4 nitrogen and oxygen atoms in total. The van der Waals surface area contributed by atoms with E-state index in [1.54, 1.807) is 19.1 Å². The fraction of sp³-hybridized carbons (Fsp3) is 0.462. The summed E-state index contributed by atoms with van der Waals surface area (Å²) in [5, 5.41) is 15.0. The minimum Gasteiger partial charge on any atom is -0.392 e. The highest BCUT2D eigenvalue weighted by Crippen LogP contribution is 2.10. The molecule has 1 aliphatic heterocycles. The molecule has 18 heavy (non-hydrogen) atoms. The van der Waals surface area contributed by atoms with Gasteiger partial charge in [0.25, 0.3) is 0 Å². The van der Waals surface area contributed by atoms with Crippen molar-refractivity contribution in [2.45, 2.75) is 32.0 Å². The lowest BCUT2D eigenvalue weighted by molar-refractivity contribution is -0.123. The van der Waals surface area contributed by atoms with Crippen molar-refractivity contribution in [2.75, 3.05) is 6.54 Å². The topological polar surface area (TPSA) is 61.4 Å². The van der Waals surface area contributed by atoms with Gasteiger partial charge >= 0.3 is 0 Å². The Morgan fingerprint density at radius 3 is 3.00 bits per heavy atom. The van der Waals surface area contributed by atoms with Gasteiger partial charge in [0, 0.05) is 13.1 Å². The van der Waals surface area contributed by atoms with Crippen molar-refractivity contribution in [3.63, 3.8) is 0 Å². The van der Waals surface area contributed by atoms with E-state index >= 15 is 0 Å². The van der Waals surface area contributed by atoms with E-state index in [4.69, 9.17) is 0 Å². The second kappa shape index (κ2) is 5.46. The minimum absolute atomic E-state index is 0.131. The van der Waals surface area contributed by atoms with Crippen LogP contribution >= 0.6 is 0 Å². The molecule has 0 saturated carbocycles. The van der Waals surface area contributed by atoms with Gasteiger partial charge in [0.05, 0.1) is 12.1 Å². The van der Waals surface area contributed by atoms with Crippen LogP contribution in [0.15, 0.2) is 18.2 Å². The number of hydrogen-bond acceptors (Lipinski definition) is 3. The molecule has 0 radical (unpaired) electrons. The molecule has 0 unspecified atom stereocenters. The molecule has 2 atom stereocenters. The van der Waals surface area contributed by atoms with Gasteiger partial charge in [-0.15, -0.1) is 0 Å². The van der Waals surface area contributed by atoms with Crippen molar-refractivity contribution in [2.24, 2.45) is 0 Å². The third-order valence-electron chi connectivity index (χ3n) is 3.11. The van der Waals surface area contributed by atoms with E-state index < -0.39 is 6.10 Å². The molecule has 5 heteroatoms. The normalized spacial score (nSPS) is 23.1. The van der Waals surface area contributed by atoms with Crippen LogP contribution in [0.1, 0.15) is 17.5 Å². The number of rotatable bonds is 3. The van der Waals surface area contributed by atoms with Gasteiger partial charge in [-0.05, 0) is 30.5 Å². The molecule has 1 heterocycles. The molecule has 0 spiro atoms. The van der Waals surface area contributed by atoms with Crippen LogP contribution < -0.4 is 10.6 Å². The second-order valence-corrected chi connectivity index (χ2v) is 4.65. The number of aryl methyl sites for hydroxylation is 1. The molecule has 2 rings (SSSR count). The van der Waals surface area contributed by atoms with E-state index in [2.05, 4.69) is 10.6 Å².